The Bertz CT molecular complexity index is 162. The molecule has 0 unspecified atom stereocenters. The largest absolute Gasteiger partial charge is 0.311 e. The number of nitrogens with one attached hydrogen (secondary N) is 1. The lowest BCUT2D eigenvalue weighted by atomic mass is 9.95. The summed E-state index contributed by atoms with van der Waals surface area (Å²) in [4.78, 5) is 0. The van der Waals surface area contributed by atoms with Crippen LogP contribution in [0, 0.1) is 11.8 Å². The van der Waals surface area contributed by atoms with Gasteiger partial charge in [0.25, 0.3) is 0 Å². The molecule has 0 amide bonds. The van der Waals surface area contributed by atoms with Crippen LogP contribution in [0.4, 0.5) is 0 Å². The Morgan fingerprint density at radius 3 is 2.36 bits per heavy atom. The van der Waals surface area contributed by atoms with Gasteiger partial charge in [0.2, 0.25) is 0 Å². The highest BCUT2D eigenvalue weighted by Crippen LogP contribution is 2.45. The molecule has 1 heteroatoms. The second kappa shape index (κ2) is 2.22. The van der Waals surface area contributed by atoms with Crippen LogP contribution in [-0.2, 0) is 0 Å². The Kier molecular flexibility index (Phi) is 1.31. The predicted molar refractivity (Wildman–Crippen MR) is 45.4 cm³/mol. The Hall–Kier alpha value is -0.0400. The van der Waals surface area contributed by atoms with Crippen molar-refractivity contribution in [3.05, 3.63) is 0 Å². The lowest BCUT2D eigenvalue weighted by Gasteiger charge is -2.22. The summed E-state index contributed by atoms with van der Waals surface area (Å²) in [6, 6.07) is 1.86. The van der Waals surface area contributed by atoms with Gasteiger partial charge in [-0.15, -0.1) is 0 Å². The SMILES string of the molecule is C1CC1N[C@@H]1C[C@H]2CC[C@H]1C2. The van der Waals surface area contributed by atoms with Gasteiger partial charge in [0.1, 0.15) is 0 Å². The minimum absolute atomic E-state index is 0.930. The van der Waals surface area contributed by atoms with Crippen LogP contribution in [0.5, 0.6) is 0 Å². The zero-order valence-corrected chi connectivity index (χ0v) is 7.05. The molecular weight excluding hydrogens is 134 g/mol. The first-order chi connectivity index (χ1) is 5.42. The predicted octanol–water partition coefficient (Wildman–Crippen LogP) is 1.93. The fourth-order valence-electron chi connectivity index (χ4n) is 3.00. The summed E-state index contributed by atoms with van der Waals surface area (Å²) in [5.41, 5.74) is 0. The molecule has 0 radical (unpaired) electrons. The smallest absolute Gasteiger partial charge is 0.0101 e. The molecule has 3 saturated carbocycles. The van der Waals surface area contributed by atoms with Crippen LogP contribution in [0.25, 0.3) is 0 Å². The van der Waals surface area contributed by atoms with Crippen LogP contribution >= 0.6 is 0 Å². The van der Waals surface area contributed by atoms with E-state index in [2.05, 4.69) is 5.32 Å². The average molecular weight is 151 g/mol. The van der Waals surface area contributed by atoms with E-state index >= 15 is 0 Å². The first-order valence-corrected chi connectivity index (χ1v) is 5.18. The van der Waals surface area contributed by atoms with Crippen LogP contribution in [0.15, 0.2) is 0 Å². The van der Waals surface area contributed by atoms with Crippen molar-refractivity contribution in [2.24, 2.45) is 11.8 Å². The van der Waals surface area contributed by atoms with Gasteiger partial charge in [-0.05, 0) is 43.9 Å². The molecule has 0 aromatic rings. The first kappa shape index (κ1) is 6.47. The summed E-state index contributed by atoms with van der Waals surface area (Å²) in [6.45, 7) is 0. The van der Waals surface area contributed by atoms with E-state index in [0.717, 1.165) is 23.9 Å². The number of rotatable bonds is 2. The quantitative estimate of drug-likeness (QED) is 0.636. The number of hydrogen-bond acceptors (Lipinski definition) is 1. The molecule has 3 fully saturated rings. The van der Waals surface area contributed by atoms with E-state index in [0.29, 0.717) is 0 Å². The van der Waals surface area contributed by atoms with Gasteiger partial charge in [-0.2, -0.15) is 0 Å². The third kappa shape index (κ3) is 1.10. The molecule has 1 nitrogen and oxygen atoms in total. The van der Waals surface area contributed by atoms with Crippen LogP contribution in [-0.4, -0.2) is 12.1 Å². The molecule has 3 rings (SSSR count). The highest BCUT2D eigenvalue weighted by Gasteiger charge is 2.41. The van der Waals surface area contributed by atoms with Gasteiger partial charge in [-0.1, -0.05) is 6.42 Å². The van der Waals surface area contributed by atoms with Crippen molar-refractivity contribution in [1.82, 2.24) is 5.32 Å². The standard InChI is InChI=1S/C10H17N/c1-2-8-5-7(1)6-10(8)11-9-3-4-9/h7-11H,1-6H2/t7-,8-,10+/m0/s1. The maximum absolute atomic E-state index is 3.78. The van der Waals surface area contributed by atoms with E-state index < -0.39 is 0 Å². The van der Waals surface area contributed by atoms with Crippen molar-refractivity contribution in [2.45, 2.75) is 50.6 Å². The number of hydrogen-bond donors (Lipinski definition) is 1. The Balaban J connectivity index is 1.62. The van der Waals surface area contributed by atoms with Crippen LogP contribution in [0.1, 0.15) is 38.5 Å². The molecule has 0 aromatic carbocycles. The highest BCUT2D eigenvalue weighted by molar-refractivity contribution is 4.97. The minimum atomic E-state index is 0.930. The molecule has 0 saturated heterocycles. The van der Waals surface area contributed by atoms with Gasteiger partial charge < -0.3 is 5.32 Å². The minimum Gasteiger partial charge on any atom is -0.311 e. The molecule has 1 N–H and O–H groups in total. The van der Waals surface area contributed by atoms with Crippen LogP contribution in [0.2, 0.25) is 0 Å². The zero-order chi connectivity index (χ0) is 7.26. The van der Waals surface area contributed by atoms with Crippen molar-refractivity contribution in [3.8, 4) is 0 Å². The molecule has 0 spiro atoms. The Morgan fingerprint density at radius 1 is 0.909 bits per heavy atom. The third-order valence-electron chi connectivity index (χ3n) is 3.77. The molecule has 62 valence electrons. The molecular formula is C10H17N. The van der Waals surface area contributed by atoms with E-state index in [4.69, 9.17) is 0 Å². The van der Waals surface area contributed by atoms with Crippen molar-refractivity contribution in [2.75, 3.05) is 0 Å². The molecule has 0 aromatic heterocycles. The molecule has 3 aliphatic carbocycles. The lowest BCUT2D eigenvalue weighted by Crippen LogP contribution is -2.35. The van der Waals surface area contributed by atoms with Gasteiger partial charge in [0.05, 0.1) is 0 Å². The fraction of sp³-hybridized carbons (Fsp3) is 1.00. The molecule has 2 bridgehead atoms. The topological polar surface area (TPSA) is 12.0 Å². The van der Waals surface area contributed by atoms with Crippen LogP contribution < -0.4 is 5.32 Å². The van der Waals surface area contributed by atoms with Gasteiger partial charge >= 0.3 is 0 Å². The summed E-state index contributed by atoms with van der Waals surface area (Å²) in [6.07, 6.45) is 9.01. The summed E-state index contributed by atoms with van der Waals surface area (Å²) in [5.74, 6) is 2.18. The third-order valence-corrected chi connectivity index (χ3v) is 3.77. The molecule has 11 heavy (non-hydrogen) atoms. The normalized spacial score (nSPS) is 48.5. The highest BCUT2D eigenvalue weighted by atomic mass is 15.0. The van der Waals surface area contributed by atoms with E-state index in [-0.39, 0.29) is 0 Å². The molecule has 0 aliphatic heterocycles. The average Bonchev–Trinajstić information content (AvgIpc) is 2.61. The summed E-state index contributed by atoms with van der Waals surface area (Å²) in [5, 5.41) is 3.78. The van der Waals surface area contributed by atoms with Gasteiger partial charge in [0.15, 0.2) is 0 Å². The van der Waals surface area contributed by atoms with E-state index in [9.17, 15) is 0 Å². The summed E-state index contributed by atoms with van der Waals surface area (Å²) < 4.78 is 0. The van der Waals surface area contributed by atoms with Crippen LogP contribution in [0.3, 0.4) is 0 Å². The van der Waals surface area contributed by atoms with Crippen molar-refractivity contribution in [1.29, 1.82) is 0 Å². The zero-order valence-electron chi connectivity index (χ0n) is 7.05. The maximum Gasteiger partial charge on any atom is 0.0101 e. The first-order valence-electron chi connectivity index (χ1n) is 5.18. The molecule has 3 aliphatic rings. The van der Waals surface area contributed by atoms with Gasteiger partial charge in [0, 0.05) is 12.1 Å². The van der Waals surface area contributed by atoms with Gasteiger partial charge in [-0.25, -0.2) is 0 Å². The molecule has 3 atom stereocenters. The van der Waals surface area contributed by atoms with E-state index in [1.54, 1.807) is 6.42 Å². The van der Waals surface area contributed by atoms with Crippen molar-refractivity contribution in [3.63, 3.8) is 0 Å². The second-order valence-electron chi connectivity index (χ2n) is 4.72. The van der Waals surface area contributed by atoms with E-state index in [1.807, 2.05) is 0 Å². The number of fused-ring (bicyclic) bond motifs is 2. The summed E-state index contributed by atoms with van der Waals surface area (Å²) in [7, 11) is 0. The monoisotopic (exact) mass is 151 g/mol. The van der Waals surface area contributed by atoms with Crippen molar-refractivity contribution < 1.29 is 0 Å². The maximum atomic E-state index is 3.78. The fourth-order valence-corrected chi connectivity index (χ4v) is 3.00. The second-order valence-corrected chi connectivity index (χ2v) is 4.72. The van der Waals surface area contributed by atoms with E-state index in [1.165, 1.54) is 32.1 Å². The lowest BCUT2D eigenvalue weighted by molar-refractivity contribution is 0.350. The Morgan fingerprint density at radius 2 is 1.82 bits per heavy atom. The Labute approximate surface area is 68.6 Å². The molecule has 0 heterocycles. The van der Waals surface area contributed by atoms with Gasteiger partial charge in [-0.3, -0.25) is 0 Å². The van der Waals surface area contributed by atoms with Crippen molar-refractivity contribution >= 4 is 0 Å². The summed E-state index contributed by atoms with van der Waals surface area (Å²) >= 11 is 0.